The first kappa shape index (κ1) is 12.0. The molecule has 8 nitrogen and oxygen atoms in total. The van der Waals surface area contributed by atoms with Crippen LogP contribution in [0.15, 0.2) is 36.4 Å². The van der Waals surface area contributed by atoms with Crippen molar-refractivity contribution in [3.8, 4) is 0 Å². The number of nitrogen functional groups attached to an aromatic ring is 1. The summed E-state index contributed by atoms with van der Waals surface area (Å²) in [5, 5.41) is 23.1. The quantitative estimate of drug-likeness (QED) is 0.531. The fraction of sp³-hybridized carbons (Fsp3) is 0.0833. The predicted octanol–water partition coefficient (Wildman–Crippen LogP) is 0.571. The summed E-state index contributed by atoms with van der Waals surface area (Å²) >= 11 is 0. The maximum absolute atomic E-state index is 7.63. The van der Waals surface area contributed by atoms with Gasteiger partial charge in [0.2, 0.25) is 0 Å². The molecule has 2 heterocycles. The van der Waals surface area contributed by atoms with Gasteiger partial charge in [-0.3, -0.25) is 5.41 Å². The zero-order valence-corrected chi connectivity index (χ0v) is 10.7. The van der Waals surface area contributed by atoms with Gasteiger partial charge in [-0.05, 0) is 34.7 Å². The molecule has 0 aliphatic rings. The Kier molecular flexibility index (Phi) is 2.75. The molecule has 0 aliphatic carbocycles. The van der Waals surface area contributed by atoms with Crippen molar-refractivity contribution in [1.82, 2.24) is 25.3 Å². The van der Waals surface area contributed by atoms with Crippen LogP contribution in [0.5, 0.6) is 0 Å². The van der Waals surface area contributed by atoms with E-state index in [1.165, 1.54) is 4.63 Å². The normalized spacial score (nSPS) is 10.7. The standard InChI is InChI=1S/C12H12N8/c1-19(9-5-3-2-4-8(9)12(13)14)11-7-6-10-15-17-18-20(10)16-11/h2-7H,1H3,(H3,13,14). The Bertz CT molecular complexity index is 778. The zero-order valence-electron chi connectivity index (χ0n) is 10.7. The zero-order chi connectivity index (χ0) is 14.1. The minimum atomic E-state index is 0.0101. The monoisotopic (exact) mass is 268 g/mol. The third kappa shape index (κ3) is 1.92. The summed E-state index contributed by atoms with van der Waals surface area (Å²) in [7, 11) is 1.85. The first-order valence-electron chi connectivity index (χ1n) is 5.89. The van der Waals surface area contributed by atoms with E-state index in [0.29, 0.717) is 17.0 Å². The topological polar surface area (TPSA) is 109 Å². The number of nitrogens with two attached hydrogens (primary N) is 1. The van der Waals surface area contributed by atoms with E-state index in [1.54, 1.807) is 12.1 Å². The molecule has 0 radical (unpaired) electrons. The van der Waals surface area contributed by atoms with E-state index in [-0.39, 0.29) is 5.84 Å². The molecule has 0 bridgehead atoms. The van der Waals surface area contributed by atoms with E-state index in [0.717, 1.165) is 5.69 Å². The lowest BCUT2D eigenvalue weighted by Gasteiger charge is -2.20. The Morgan fingerprint density at radius 2 is 2.05 bits per heavy atom. The van der Waals surface area contributed by atoms with Crippen LogP contribution in [0.3, 0.4) is 0 Å². The number of hydrogen-bond donors (Lipinski definition) is 2. The first-order chi connectivity index (χ1) is 9.66. The number of hydrogen-bond acceptors (Lipinski definition) is 6. The van der Waals surface area contributed by atoms with Crippen molar-refractivity contribution in [3.63, 3.8) is 0 Å². The number of rotatable bonds is 3. The number of fused-ring (bicyclic) bond motifs is 1. The highest BCUT2D eigenvalue weighted by molar-refractivity contribution is 6.01. The summed E-state index contributed by atoms with van der Waals surface area (Å²) in [4.78, 5) is 1.83. The van der Waals surface area contributed by atoms with E-state index in [2.05, 4.69) is 20.6 Å². The van der Waals surface area contributed by atoms with E-state index in [4.69, 9.17) is 11.1 Å². The van der Waals surface area contributed by atoms with Gasteiger partial charge in [-0.1, -0.05) is 12.1 Å². The highest BCUT2D eigenvalue weighted by atomic mass is 15.6. The van der Waals surface area contributed by atoms with Gasteiger partial charge in [0.1, 0.15) is 5.84 Å². The van der Waals surface area contributed by atoms with Gasteiger partial charge < -0.3 is 10.6 Å². The van der Waals surface area contributed by atoms with E-state index in [9.17, 15) is 0 Å². The molecule has 0 unspecified atom stereocenters. The molecular formula is C12H12N8. The smallest absolute Gasteiger partial charge is 0.200 e. The number of tetrazole rings is 1. The number of aromatic nitrogens is 5. The van der Waals surface area contributed by atoms with Gasteiger partial charge in [-0.2, -0.15) is 0 Å². The third-order valence-electron chi connectivity index (χ3n) is 2.95. The molecule has 0 spiro atoms. The van der Waals surface area contributed by atoms with Gasteiger partial charge in [0.05, 0.1) is 5.69 Å². The summed E-state index contributed by atoms with van der Waals surface area (Å²) in [6.07, 6.45) is 0. The Morgan fingerprint density at radius 3 is 2.85 bits per heavy atom. The molecule has 0 amide bonds. The summed E-state index contributed by atoms with van der Waals surface area (Å²) < 4.78 is 1.35. The minimum Gasteiger partial charge on any atom is -0.384 e. The molecule has 100 valence electrons. The van der Waals surface area contributed by atoms with Crippen LogP contribution in [-0.4, -0.2) is 38.1 Å². The van der Waals surface area contributed by atoms with Crippen LogP contribution in [0.25, 0.3) is 5.65 Å². The molecule has 0 saturated carbocycles. The lowest BCUT2D eigenvalue weighted by molar-refractivity contribution is 0.731. The van der Waals surface area contributed by atoms with Crippen molar-refractivity contribution in [2.45, 2.75) is 0 Å². The van der Waals surface area contributed by atoms with Gasteiger partial charge in [-0.15, -0.1) is 14.8 Å². The molecule has 3 aromatic rings. The van der Waals surface area contributed by atoms with Crippen LogP contribution in [0.1, 0.15) is 5.56 Å². The molecule has 0 aliphatic heterocycles. The Balaban J connectivity index is 2.07. The number of nitrogens with zero attached hydrogens (tertiary/aromatic N) is 6. The largest absolute Gasteiger partial charge is 0.384 e. The molecule has 3 N–H and O–H groups in total. The maximum atomic E-state index is 7.63. The van der Waals surface area contributed by atoms with E-state index in [1.807, 2.05) is 36.2 Å². The van der Waals surface area contributed by atoms with Crippen molar-refractivity contribution in [3.05, 3.63) is 42.0 Å². The van der Waals surface area contributed by atoms with E-state index >= 15 is 0 Å². The SMILES string of the molecule is CN(c1ccc2nnnn2n1)c1ccccc1C(=N)N. The van der Waals surface area contributed by atoms with Crippen molar-refractivity contribution in [1.29, 1.82) is 5.41 Å². The second-order valence-corrected chi connectivity index (χ2v) is 4.21. The van der Waals surface area contributed by atoms with Crippen LogP contribution in [-0.2, 0) is 0 Å². The number of para-hydroxylation sites is 1. The molecule has 0 fully saturated rings. The maximum Gasteiger partial charge on any atom is 0.200 e. The van der Waals surface area contributed by atoms with Crippen LogP contribution >= 0.6 is 0 Å². The number of anilines is 2. The summed E-state index contributed by atoms with van der Waals surface area (Å²) in [6, 6.07) is 11.0. The molecule has 1 aromatic carbocycles. The number of nitrogens with one attached hydrogen (secondary N) is 1. The predicted molar refractivity (Wildman–Crippen MR) is 74.1 cm³/mol. The molecule has 20 heavy (non-hydrogen) atoms. The van der Waals surface area contributed by atoms with Crippen molar-refractivity contribution in [2.75, 3.05) is 11.9 Å². The van der Waals surface area contributed by atoms with Gasteiger partial charge >= 0.3 is 0 Å². The van der Waals surface area contributed by atoms with E-state index < -0.39 is 0 Å². The second kappa shape index (κ2) is 4.57. The summed E-state index contributed by atoms with van der Waals surface area (Å²) in [5.74, 6) is 0.662. The molecule has 0 atom stereocenters. The first-order valence-corrected chi connectivity index (χ1v) is 5.89. The van der Waals surface area contributed by atoms with Crippen LogP contribution in [0, 0.1) is 5.41 Å². The molecule has 0 saturated heterocycles. The highest BCUT2D eigenvalue weighted by Gasteiger charge is 2.12. The van der Waals surface area contributed by atoms with Crippen molar-refractivity contribution in [2.24, 2.45) is 5.73 Å². The molecule has 2 aromatic heterocycles. The van der Waals surface area contributed by atoms with Gasteiger partial charge in [0, 0.05) is 12.6 Å². The average Bonchev–Trinajstić information content (AvgIpc) is 2.93. The van der Waals surface area contributed by atoms with Gasteiger partial charge in [-0.25, -0.2) is 0 Å². The Morgan fingerprint density at radius 1 is 1.25 bits per heavy atom. The van der Waals surface area contributed by atoms with Crippen LogP contribution in [0.2, 0.25) is 0 Å². The van der Waals surface area contributed by atoms with Crippen molar-refractivity contribution >= 4 is 23.0 Å². The average molecular weight is 268 g/mol. The van der Waals surface area contributed by atoms with Gasteiger partial charge in [0.25, 0.3) is 0 Å². The minimum absolute atomic E-state index is 0.0101. The third-order valence-corrected chi connectivity index (χ3v) is 2.95. The van der Waals surface area contributed by atoms with Gasteiger partial charge in [0.15, 0.2) is 11.5 Å². The highest BCUT2D eigenvalue weighted by Crippen LogP contribution is 2.25. The lowest BCUT2D eigenvalue weighted by atomic mass is 10.1. The van der Waals surface area contributed by atoms with Crippen LogP contribution in [0.4, 0.5) is 11.5 Å². The number of amidine groups is 1. The summed E-state index contributed by atoms with van der Waals surface area (Å²) in [5.41, 5.74) is 7.61. The molecular weight excluding hydrogens is 256 g/mol. The Labute approximate surface area is 114 Å². The second-order valence-electron chi connectivity index (χ2n) is 4.21. The van der Waals surface area contributed by atoms with Crippen molar-refractivity contribution < 1.29 is 0 Å². The Hall–Kier alpha value is -3.03. The summed E-state index contributed by atoms with van der Waals surface area (Å²) in [6.45, 7) is 0. The van der Waals surface area contributed by atoms with Crippen LogP contribution < -0.4 is 10.6 Å². The fourth-order valence-electron chi connectivity index (χ4n) is 1.94. The number of benzene rings is 1. The molecule has 8 heteroatoms. The lowest BCUT2D eigenvalue weighted by Crippen LogP contribution is -2.19. The molecule has 3 rings (SSSR count). The fourth-order valence-corrected chi connectivity index (χ4v) is 1.94.